The van der Waals surface area contributed by atoms with E-state index in [1.54, 1.807) is 50.2 Å². The first-order valence-electron chi connectivity index (χ1n) is 9.70. The van der Waals surface area contributed by atoms with Gasteiger partial charge in [0, 0.05) is 23.1 Å². The number of aryl methyl sites for hydroxylation is 1. The van der Waals surface area contributed by atoms with E-state index in [1.165, 1.54) is 6.26 Å². The zero-order valence-corrected chi connectivity index (χ0v) is 18.8. The molecular formula is C24H26N2O4S. The van der Waals surface area contributed by atoms with E-state index in [9.17, 15) is 13.5 Å². The molecule has 7 heteroatoms. The van der Waals surface area contributed by atoms with E-state index in [0.29, 0.717) is 33.1 Å². The predicted octanol–water partition coefficient (Wildman–Crippen LogP) is 4.70. The van der Waals surface area contributed by atoms with E-state index < -0.39 is 15.4 Å². The molecule has 4 rings (SSSR count). The van der Waals surface area contributed by atoms with Gasteiger partial charge in [-0.3, -0.25) is 0 Å². The second-order valence-corrected chi connectivity index (χ2v) is 9.95. The Morgan fingerprint density at radius 2 is 1.61 bits per heavy atom. The highest BCUT2D eigenvalue weighted by atomic mass is 32.2. The molecule has 0 aliphatic heterocycles. The van der Waals surface area contributed by atoms with Gasteiger partial charge in [0.25, 0.3) is 0 Å². The maximum atomic E-state index is 10.9. The van der Waals surface area contributed by atoms with Crippen LogP contribution in [0.1, 0.15) is 25.0 Å². The summed E-state index contributed by atoms with van der Waals surface area (Å²) in [6, 6.07) is 20.0. The van der Waals surface area contributed by atoms with Gasteiger partial charge in [-0.05, 0) is 57.2 Å². The number of nitrogen functional groups attached to an aromatic ring is 1. The van der Waals surface area contributed by atoms with Crippen molar-refractivity contribution in [3.63, 3.8) is 0 Å². The van der Waals surface area contributed by atoms with Gasteiger partial charge in [0.2, 0.25) is 5.89 Å². The van der Waals surface area contributed by atoms with Gasteiger partial charge in [-0.25, -0.2) is 13.4 Å². The van der Waals surface area contributed by atoms with Crippen molar-refractivity contribution in [1.29, 1.82) is 0 Å². The van der Waals surface area contributed by atoms with Crippen molar-refractivity contribution in [2.24, 2.45) is 0 Å². The topological polar surface area (TPSA) is 106 Å². The van der Waals surface area contributed by atoms with E-state index in [4.69, 9.17) is 10.2 Å². The maximum Gasteiger partial charge on any atom is 0.227 e. The quantitative estimate of drug-likeness (QED) is 0.449. The molecule has 0 amide bonds. The molecular weight excluding hydrogens is 412 g/mol. The third-order valence-corrected chi connectivity index (χ3v) is 5.82. The smallest absolute Gasteiger partial charge is 0.227 e. The summed E-state index contributed by atoms with van der Waals surface area (Å²) in [5.41, 5.74) is 9.40. The summed E-state index contributed by atoms with van der Waals surface area (Å²) in [5, 5.41) is 10.1. The van der Waals surface area contributed by atoms with Crippen LogP contribution in [0.15, 0.2) is 76.0 Å². The van der Waals surface area contributed by atoms with E-state index >= 15 is 0 Å². The molecule has 6 nitrogen and oxygen atoms in total. The minimum Gasteiger partial charge on any atom is -0.436 e. The molecule has 1 aromatic heterocycles. The van der Waals surface area contributed by atoms with Gasteiger partial charge in [-0.2, -0.15) is 0 Å². The van der Waals surface area contributed by atoms with Crippen LogP contribution in [0.2, 0.25) is 0 Å². The summed E-state index contributed by atoms with van der Waals surface area (Å²) in [6.45, 7) is 5.31. The highest BCUT2D eigenvalue weighted by Gasteiger charge is 2.21. The minimum absolute atomic E-state index is 0.378. The Bertz CT molecular complexity index is 1290. The molecule has 0 saturated carbocycles. The molecule has 1 heterocycles. The molecule has 0 spiro atoms. The number of rotatable bonds is 3. The fraction of sp³-hybridized carbons (Fsp3) is 0.208. The Hall–Kier alpha value is -3.16. The molecule has 0 bridgehead atoms. The third kappa shape index (κ3) is 5.51. The summed E-state index contributed by atoms with van der Waals surface area (Å²) >= 11 is 0. The summed E-state index contributed by atoms with van der Waals surface area (Å²) in [6.07, 6.45) is 1.21. The number of oxazole rings is 1. The number of benzene rings is 3. The average Bonchev–Trinajstić information content (AvgIpc) is 3.10. The predicted molar refractivity (Wildman–Crippen MR) is 123 cm³/mol. The molecule has 0 atom stereocenters. The van der Waals surface area contributed by atoms with Crippen LogP contribution in [0, 0.1) is 6.92 Å². The van der Waals surface area contributed by atoms with Crippen LogP contribution in [0.25, 0.3) is 22.6 Å². The van der Waals surface area contributed by atoms with Crippen molar-refractivity contribution in [2.75, 3.05) is 12.0 Å². The van der Waals surface area contributed by atoms with E-state index in [1.807, 2.05) is 37.3 Å². The number of aliphatic hydroxyl groups is 1. The van der Waals surface area contributed by atoms with Gasteiger partial charge in [0.05, 0.1) is 10.5 Å². The second kappa shape index (κ2) is 8.53. The van der Waals surface area contributed by atoms with Gasteiger partial charge in [0.1, 0.15) is 5.52 Å². The van der Waals surface area contributed by atoms with Crippen molar-refractivity contribution < 1.29 is 17.9 Å². The zero-order chi connectivity index (χ0) is 22.8. The summed E-state index contributed by atoms with van der Waals surface area (Å²) in [4.78, 5) is 4.82. The van der Waals surface area contributed by atoms with Gasteiger partial charge >= 0.3 is 0 Å². The van der Waals surface area contributed by atoms with Crippen molar-refractivity contribution >= 4 is 26.6 Å². The van der Waals surface area contributed by atoms with Gasteiger partial charge in [-0.1, -0.05) is 35.9 Å². The lowest BCUT2D eigenvalue weighted by molar-refractivity contribution is 0.0794. The van der Waals surface area contributed by atoms with Crippen LogP contribution >= 0.6 is 0 Å². The number of hydrogen-bond acceptors (Lipinski definition) is 6. The summed E-state index contributed by atoms with van der Waals surface area (Å²) < 4.78 is 27.7. The molecule has 4 aromatic rings. The van der Waals surface area contributed by atoms with E-state index in [0.717, 1.165) is 11.1 Å². The second-order valence-electron chi connectivity index (χ2n) is 7.94. The minimum atomic E-state index is -3.02. The molecule has 162 valence electrons. The third-order valence-electron chi connectivity index (χ3n) is 4.69. The number of aromatic nitrogens is 1. The van der Waals surface area contributed by atoms with Crippen LogP contribution in [0.3, 0.4) is 0 Å². The van der Waals surface area contributed by atoms with E-state index in [-0.39, 0.29) is 0 Å². The number of hydrogen-bond donors (Lipinski definition) is 2. The van der Waals surface area contributed by atoms with Crippen LogP contribution in [-0.2, 0) is 15.4 Å². The highest BCUT2D eigenvalue weighted by molar-refractivity contribution is 7.90. The fourth-order valence-corrected chi connectivity index (χ4v) is 3.64. The molecule has 3 N–H and O–H groups in total. The number of nitrogens with zero attached hydrogens (tertiary/aromatic N) is 1. The molecule has 0 unspecified atom stereocenters. The monoisotopic (exact) mass is 438 g/mol. The number of sulfone groups is 1. The molecule has 0 aliphatic carbocycles. The number of anilines is 1. The normalized spacial score (nSPS) is 11.8. The Kier molecular flexibility index (Phi) is 6.20. The SMILES string of the molecule is CC(C)(O)c1cc2oc(-c3ccccc3)nc2cc1N.Cc1ccc(S(C)(=O)=O)cc1. The fourth-order valence-electron chi connectivity index (χ4n) is 3.01. The molecule has 31 heavy (non-hydrogen) atoms. The van der Waals surface area contributed by atoms with Crippen molar-refractivity contribution in [3.8, 4) is 11.5 Å². The van der Waals surface area contributed by atoms with Crippen LogP contribution in [0.5, 0.6) is 0 Å². The largest absolute Gasteiger partial charge is 0.436 e. The van der Waals surface area contributed by atoms with Crippen LogP contribution < -0.4 is 5.73 Å². The van der Waals surface area contributed by atoms with Gasteiger partial charge < -0.3 is 15.3 Å². The molecule has 0 radical (unpaired) electrons. The van der Waals surface area contributed by atoms with Gasteiger partial charge in [0.15, 0.2) is 15.4 Å². The number of nitrogens with two attached hydrogens (primary N) is 1. The lowest BCUT2D eigenvalue weighted by Gasteiger charge is -2.19. The first kappa shape index (κ1) is 22.5. The Labute approximate surface area is 182 Å². The summed E-state index contributed by atoms with van der Waals surface area (Å²) in [7, 11) is -3.02. The lowest BCUT2D eigenvalue weighted by atomic mass is 9.96. The Morgan fingerprint density at radius 3 is 2.16 bits per heavy atom. The molecule has 0 saturated heterocycles. The Balaban J connectivity index is 0.000000210. The van der Waals surface area contributed by atoms with Crippen LogP contribution in [0.4, 0.5) is 5.69 Å². The zero-order valence-electron chi connectivity index (χ0n) is 18.0. The Morgan fingerprint density at radius 1 is 1.00 bits per heavy atom. The lowest BCUT2D eigenvalue weighted by Crippen LogP contribution is -2.17. The first-order valence-corrected chi connectivity index (χ1v) is 11.6. The summed E-state index contributed by atoms with van der Waals surface area (Å²) in [5.74, 6) is 0.549. The van der Waals surface area contributed by atoms with Gasteiger partial charge in [-0.15, -0.1) is 0 Å². The standard InChI is InChI=1S/C16H16N2O2.C8H10O2S/c1-16(2,19)11-8-14-13(9-12(11)17)18-15(20-14)10-6-4-3-5-7-10;1-7-3-5-8(6-4-7)11(2,9)10/h3-9,19H,17H2,1-2H3;3-6H,1-2H3. The maximum absolute atomic E-state index is 10.9. The number of fused-ring (bicyclic) bond motifs is 1. The van der Waals surface area contributed by atoms with Crippen LogP contribution in [-0.4, -0.2) is 24.8 Å². The average molecular weight is 439 g/mol. The van der Waals surface area contributed by atoms with Crippen molar-refractivity contribution in [2.45, 2.75) is 31.3 Å². The van der Waals surface area contributed by atoms with Crippen molar-refractivity contribution in [3.05, 3.63) is 77.9 Å². The van der Waals surface area contributed by atoms with E-state index in [2.05, 4.69) is 4.98 Å². The molecule has 3 aromatic carbocycles. The highest BCUT2D eigenvalue weighted by Crippen LogP contribution is 2.32. The molecule has 0 aliphatic rings. The van der Waals surface area contributed by atoms with Crippen molar-refractivity contribution in [1.82, 2.24) is 4.98 Å². The first-order chi connectivity index (χ1) is 14.4. The molecule has 0 fully saturated rings.